The van der Waals surface area contributed by atoms with Crippen molar-refractivity contribution in [1.29, 1.82) is 0 Å². The molecule has 0 spiro atoms. The van der Waals surface area contributed by atoms with Crippen LogP contribution in [0.25, 0.3) is 0 Å². The third-order valence-electron chi connectivity index (χ3n) is 8.30. The first-order chi connectivity index (χ1) is 27.6. The van der Waals surface area contributed by atoms with Crippen molar-refractivity contribution in [3.63, 3.8) is 0 Å². The summed E-state index contributed by atoms with van der Waals surface area (Å²) in [7, 11) is 0. The molecular weight excluding hydrogens is 770 g/mol. The summed E-state index contributed by atoms with van der Waals surface area (Å²) >= 11 is 1.04. The number of hydrogen-bond donors (Lipinski definition) is 3. The number of rotatable bonds is 31. The van der Waals surface area contributed by atoms with Crippen LogP contribution >= 0.6 is 11.8 Å². The summed E-state index contributed by atoms with van der Waals surface area (Å²) in [5.41, 5.74) is 1.34. The van der Waals surface area contributed by atoms with Crippen molar-refractivity contribution >= 4 is 71.4 Å². The number of nitrogens with zero attached hydrogens (tertiary/aromatic N) is 2. The van der Waals surface area contributed by atoms with Gasteiger partial charge in [0.2, 0.25) is 41.4 Å². The van der Waals surface area contributed by atoms with Gasteiger partial charge in [0, 0.05) is 63.2 Å². The molecule has 2 saturated heterocycles. The highest BCUT2D eigenvalue weighted by molar-refractivity contribution is 8.00. The van der Waals surface area contributed by atoms with Gasteiger partial charge in [0.05, 0.1) is 64.1 Å². The second-order valence-corrected chi connectivity index (χ2v) is 13.9. The number of hydrogen-bond acceptors (Lipinski definition) is 15. The van der Waals surface area contributed by atoms with E-state index in [4.69, 9.17) is 23.7 Å². The Labute approximate surface area is 334 Å². The molecule has 0 saturated carbocycles. The standard InChI is InChI=1S/C37H51N5O14S/c43-13-1-14-52-16-18-54-20-21-55-19-17-53-15-10-38-31(45)8-11-42-36(50)22-30(37(42)51)57-26-29(23-44)40-33(47)25-56-24-32(46)39-28-5-2-27(3-6-28)4-7-34(48)41-12-9-35(41)49/h2-3,5-6,13,23,29-30H,1,4,7-12,14-22,24-26H2,(H,38,45)(H,39,46)(H,40,47)/t29-,30?/m1/s1. The number of benzene rings is 1. The van der Waals surface area contributed by atoms with Crippen LogP contribution in [-0.4, -0.2) is 166 Å². The average Bonchev–Trinajstić information content (AvgIpc) is 3.46. The van der Waals surface area contributed by atoms with Crippen LogP contribution in [-0.2, 0) is 73.3 Å². The van der Waals surface area contributed by atoms with E-state index < -0.39 is 48.1 Å². The molecule has 2 aliphatic rings. The SMILES string of the molecule is O=CCCOCCOCCOCCOCCNC(=O)CCN1C(=O)CC(SC[C@@H](C=O)NC(=O)COCC(=O)Nc2ccc(CCC(=O)N3CCC3=O)cc2)C1=O. The first-order valence-electron chi connectivity index (χ1n) is 18.6. The van der Waals surface area contributed by atoms with Crippen molar-refractivity contribution in [2.24, 2.45) is 0 Å². The summed E-state index contributed by atoms with van der Waals surface area (Å²) in [6, 6.07) is 5.83. The Kier molecular flexibility index (Phi) is 22.2. The summed E-state index contributed by atoms with van der Waals surface area (Å²) in [5.74, 6) is -2.83. The number of carbonyl (C=O) groups excluding carboxylic acids is 9. The Morgan fingerprint density at radius 1 is 0.789 bits per heavy atom. The largest absolute Gasteiger partial charge is 0.379 e. The van der Waals surface area contributed by atoms with E-state index >= 15 is 0 Å². The maximum Gasteiger partial charge on any atom is 0.250 e. The maximum atomic E-state index is 12.8. The number of ether oxygens (including phenoxy) is 5. The van der Waals surface area contributed by atoms with Gasteiger partial charge in [-0.3, -0.25) is 43.4 Å². The molecule has 57 heavy (non-hydrogen) atoms. The van der Waals surface area contributed by atoms with E-state index in [1.807, 2.05) is 0 Å². The van der Waals surface area contributed by atoms with Gasteiger partial charge >= 0.3 is 0 Å². The number of aldehydes is 2. The molecule has 20 heteroatoms. The van der Waals surface area contributed by atoms with E-state index in [1.54, 1.807) is 24.3 Å². The topological polar surface area (TPSA) is 242 Å². The van der Waals surface area contributed by atoms with Crippen LogP contribution in [0.3, 0.4) is 0 Å². The lowest BCUT2D eigenvalue weighted by Crippen LogP contribution is -2.47. The smallest absolute Gasteiger partial charge is 0.250 e. The van der Waals surface area contributed by atoms with Crippen molar-refractivity contribution in [2.45, 2.75) is 49.8 Å². The number of thioether (sulfide) groups is 1. The van der Waals surface area contributed by atoms with E-state index in [2.05, 4.69) is 16.0 Å². The fourth-order valence-corrected chi connectivity index (χ4v) is 6.34. The summed E-state index contributed by atoms with van der Waals surface area (Å²) < 4.78 is 26.5. The molecule has 3 N–H and O–H groups in total. The fraction of sp³-hybridized carbons (Fsp3) is 0.595. The molecule has 2 fully saturated rings. The highest BCUT2D eigenvalue weighted by Gasteiger charge is 2.39. The molecule has 19 nitrogen and oxygen atoms in total. The van der Waals surface area contributed by atoms with Crippen molar-refractivity contribution in [2.75, 3.05) is 96.8 Å². The number of nitrogens with one attached hydrogen (secondary N) is 3. The predicted molar refractivity (Wildman–Crippen MR) is 203 cm³/mol. The minimum absolute atomic E-state index is 0.00672. The van der Waals surface area contributed by atoms with Crippen molar-refractivity contribution in [3.8, 4) is 0 Å². The number of β-lactam (4-membered cyclic amide) rings is 1. The zero-order chi connectivity index (χ0) is 41.3. The third kappa shape index (κ3) is 18.5. The van der Waals surface area contributed by atoms with E-state index in [9.17, 15) is 43.2 Å². The van der Waals surface area contributed by atoms with Gasteiger partial charge in [0.15, 0.2) is 0 Å². The molecule has 0 bridgehead atoms. The monoisotopic (exact) mass is 821 g/mol. The van der Waals surface area contributed by atoms with Gasteiger partial charge in [-0.25, -0.2) is 0 Å². The van der Waals surface area contributed by atoms with Crippen LogP contribution in [0.1, 0.15) is 37.7 Å². The average molecular weight is 822 g/mol. The number of anilines is 1. The summed E-state index contributed by atoms with van der Waals surface area (Å²) in [6.07, 6.45) is 2.50. The molecule has 2 heterocycles. The van der Waals surface area contributed by atoms with Crippen LogP contribution in [0.15, 0.2) is 24.3 Å². The normalized spacial score (nSPS) is 15.6. The lowest BCUT2D eigenvalue weighted by Gasteiger charge is -2.28. The Hall–Kier alpha value is -4.60. The summed E-state index contributed by atoms with van der Waals surface area (Å²) in [4.78, 5) is 110. The van der Waals surface area contributed by atoms with E-state index in [1.165, 1.54) is 4.90 Å². The zero-order valence-corrected chi connectivity index (χ0v) is 32.6. The zero-order valence-electron chi connectivity index (χ0n) is 31.8. The summed E-state index contributed by atoms with van der Waals surface area (Å²) in [5, 5.41) is 6.98. The Morgan fingerprint density at radius 3 is 2.05 bits per heavy atom. The van der Waals surface area contributed by atoms with Crippen molar-refractivity contribution in [1.82, 2.24) is 20.4 Å². The quantitative estimate of drug-likeness (QED) is 0.0354. The number of carbonyl (C=O) groups is 9. The molecule has 1 aromatic carbocycles. The molecule has 1 aromatic rings. The number of amides is 7. The van der Waals surface area contributed by atoms with Crippen LogP contribution < -0.4 is 16.0 Å². The van der Waals surface area contributed by atoms with E-state index in [0.717, 1.165) is 28.5 Å². The second kappa shape index (κ2) is 27.1. The maximum absolute atomic E-state index is 12.8. The third-order valence-corrected chi connectivity index (χ3v) is 9.62. The van der Waals surface area contributed by atoms with Gasteiger partial charge in [-0.2, -0.15) is 0 Å². The van der Waals surface area contributed by atoms with Crippen molar-refractivity contribution in [3.05, 3.63) is 29.8 Å². The fourth-order valence-electron chi connectivity index (χ4n) is 5.21. The number of imide groups is 2. The Bertz CT molecular complexity index is 1510. The lowest BCUT2D eigenvalue weighted by molar-refractivity contribution is -0.152. The van der Waals surface area contributed by atoms with Crippen molar-refractivity contribution < 1.29 is 66.8 Å². The lowest BCUT2D eigenvalue weighted by atomic mass is 10.1. The molecule has 7 amide bonds. The van der Waals surface area contributed by atoms with E-state index in [0.29, 0.717) is 84.0 Å². The van der Waals surface area contributed by atoms with Crippen LogP contribution in [0.2, 0.25) is 0 Å². The van der Waals surface area contributed by atoms with E-state index in [-0.39, 0.29) is 62.4 Å². The first kappa shape index (κ1) is 46.8. The minimum Gasteiger partial charge on any atom is -0.379 e. The predicted octanol–water partition coefficient (Wildman–Crippen LogP) is -0.961. The molecule has 1 unspecified atom stereocenters. The number of aryl methyl sites for hydroxylation is 1. The molecule has 0 radical (unpaired) electrons. The minimum atomic E-state index is -0.984. The van der Waals surface area contributed by atoms with Gasteiger partial charge in [-0.15, -0.1) is 11.8 Å². The second-order valence-electron chi connectivity index (χ2n) is 12.7. The highest BCUT2D eigenvalue weighted by atomic mass is 32.2. The molecule has 0 aliphatic carbocycles. The molecule has 2 atom stereocenters. The van der Waals surface area contributed by atoms with Crippen LogP contribution in [0.4, 0.5) is 5.69 Å². The van der Waals surface area contributed by atoms with Gasteiger partial charge in [0.25, 0.3) is 0 Å². The summed E-state index contributed by atoms with van der Waals surface area (Å²) in [6.45, 7) is 2.51. The molecule has 314 valence electrons. The van der Waals surface area contributed by atoms with Gasteiger partial charge in [-0.05, 0) is 24.1 Å². The van der Waals surface area contributed by atoms with Crippen LogP contribution in [0.5, 0.6) is 0 Å². The molecule has 0 aromatic heterocycles. The Morgan fingerprint density at radius 2 is 1.44 bits per heavy atom. The molecular formula is C37H51N5O14S. The van der Waals surface area contributed by atoms with Gasteiger partial charge < -0.3 is 49.2 Å². The Balaban J connectivity index is 1.19. The first-order valence-corrected chi connectivity index (χ1v) is 19.7. The number of likely N-dealkylation sites (tertiary alicyclic amines) is 2. The van der Waals surface area contributed by atoms with Gasteiger partial charge in [-0.1, -0.05) is 12.1 Å². The molecule has 3 rings (SSSR count). The highest BCUT2D eigenvalue weighted by Crippen LogP contribution is 2.26. The molecule has 2 aliphatic heterocycles. The van der Waals surface area contributed by atoms with Gasteiger partial charge in [0.1, 0.15) is 25.8 Å². The van der Waals surface area contributed by atoms with Crippen LogP contribution in [0, 0.1) is 0 Å².